The van der Waals surface area contributed by atoms with Crippen molar-refractivity contribution in [1.29, 1.82) is 0 Å². The Morgan fingerprint density at radius 1 is 1.26 bits per heavy atom. The number of fused-ring (bicyclic) bond motifs is 1. The fourth-order valence-corrected chi connectivity index (χ4v) is 3.98. The van der Waals surface area contributed by atoms with Crippen LogP contribution in [-0.2, 0) is 24.2 Å². The number of nitrogens with one attached hydrogen (secondary N) is 1. The summed E-state index contributed by atoms with van der Waals surface area (Å²) in [7, 11) is 0. The van der Waals surface area contributed by atoms with Crippen molar-refractivity contribution in [2.45, 2.75) is 45.6 Å². The molecule has 1 aromatic heterocycles. The highest BCUT2D eigenvalue weighted by Gasteiger charge is 2.27. The van der Waals surface area contributed by atoms with Gasteiger partial charge < -0.3 is 9.64 Å². The van der Waals surface area contributed by atoms with Crippen LogP contribution in [0.1, 0.15) is 30.7 Å². The molecule has 6 nitrogen and oxygen atoms in total. The number of H-pyrrole nitrogens is 1. The van der Waals surface area contributed by atoms with Gasteiger partial charge in [-0.1, -0.05) is 18.2 Å². The second-order valence-corrected chi connectivity index (χ2v) is 7.53. The Hall–Kier alpha value is -2.25. The Balaban J connectivity index is 1.56. The maximum Gasteiger partial charge on any atom is 0.255 e. The van der Waals surface area contributed by atoms with E-state index in [9.17, 15) is 9.18 Å². The molecule has 1 aromatic carbocycles. The molecule has 27 heavy (non-hydrogen) atoms. The van der Waals surface area contributed by atoms with Crippen molar-refractivity contribution in [3.8, 4) is 0 Å². The average molecular weight is 372 g/mol. The smallest absolute Gasteiger partial charge is 0.255 e. The summed E-state index contributed by atoms with van der Waals surface area (Å²) >= 11 is 0. The van der Waals surface area contributed by atoms with Gasteiger partial charge in [0, 0.05) is 43.9 Å². The maximum atomic E-state index is 14.0. The Bertz CT molecular complexity index is 875. The minimum Gasteiger partial charge on any atom is -0.372 e. The normalized spacial score (nSPS) is 23.3. The standard InChI is InChI=1S/C20H25FN4O2/c1-13-9-25(10-14(2)27-13)20-22-18-12-24(8-7-16(18)19(26)23-20)11-15-5-3-4-6-17(15)21/h3-6,13-14H,7-12H2,1-2H3,(H,22,23,26)/t13-,14-/m0/s1. The number of hydrogen-bond donors (Lipinski definition) is 1. The first-order valence-electron chi connectivity index (χ1n) is 9.48. The third kappa shape index (κ3) is 3.89. The zero-order valence-corrected chi connectivity index (χ0v) is 15.7. The van der Waals surface area contributed by atoms with Crippen molar-refractivity contribution in [3.05, 3.63) is 57.3 Å². The third-order valence-corrected chi connectivity index (χ3v) is 5.21. The van der Waals surface area contributed by atoms with Crippen molar-refractivity contribution in [2.24, 2.45) is 0 Å². The van der Waals surface area contributed by atoms with Crippen LogP contribution in [0.5, 0.6) is 0 Å². The molecule has 1 saturated heterocycles. The van der Waals surface area contributed by atoms with Crippen molar-refractivity contribution in [3.63, 3.8) is 0 Å². The van der Waals surface area contributed by atoms with E-state index in [2.05, 4.69) is 14.8 Å². The summed E-state index contributed by atoms with van der Waals surface area (Å²) in [5.41, 5.74) is 2.15. The number of aromatic amines is 1. The molecule has 4 rings (SSSR count). The molecule has 0 amide bonds. The zero-order chi connectivity index (χ0) is 19.0. The molecular weight excluding hydrogens is 347 g/mol. The summed E-state index contributed by atoms with van der Waals surface area (Å²) in [5.74, 6) is 0.410. The van der Waals surface area contributed by atoms with E-state index in [1.807, 2.05) is 19.9 Å². The second kappa shape index (κ2) is 7.40. The van der Waals surface area contributed by atoms with Gasteiger partial charge in [0.15, 0.2) is 0 Å². The number of halogens is 1. The van der Waals surface area contributed by atoms with Crippen molar-refractivity contribution >= 4 is 5.95 Å². The van der Waals surface area contributed by atoms with Gasteiger partial charge in [-0.2, -0.15) is 0 Å². The maximum absolute atomic E-state index is 14.0. The largest absolute Gasteiger partial charge is 0.372 e. The Morgan fingerprint density at radius 3 is 2.74 bits per heavy atom. The Morgan fingerprint density at radius 2 is 2.00 bits per heavy atom. The number of benzene rings is 1. The molecular formula is C20H25FN4O2. The number of anilines is 1. The molecule has 3 heterocycles. The highest BCUT2D eigenvalue weighted by Crippen LogP contribution is 2.21. The average Bonchev–Trinajstić information content (AvgIpc) is 2.62. The van der Waals surface area contributed by atoms with Gasteiger partial charge >= 0.3 is 0 Å². The lowest BCUT2D eigenvalue weighted by molar-refractivity contribution is -0.00576. The van der Waals surface area contributed by atoms with E-state index in [0.717, 1.165) is 17.8 Å². The number of ether oxygens (including phenoxy) is 1. The molecule has 0 aliphatic carbocycles. The molecule has 144 valence electrons. The van der Waals surface area contributed by atoms with Gasteiger partial charge in [0.25, 0.3) is 5.56 Å². The van der Waals surface area contributed by atoms with E-state index in [4.69, 9.17) is 9.72 Å². The van der Waals surface area contributed by atoms with Crippen molar-refractivity contribution in [2.75, 3.05) is 24.5 Å². The SMILES string of the molecule is C[C@H]1CN(c2nc3c(c(=O)[nH]2)CCN(Cc2ccccc2F)C3)C[C@H](C)O1. The number of morpholine rings is 1. The van der Waals surface area contributed by atoms with Gasteiger partial charge in [-0.15, -0.1) is 0 Å². The first-order valence-corrected chi connectivity index (χ1v) is 9.48. The van der Waals surface area contributed by atoms with Crippen molar-refractivity contribution < 1.29 is 9.13 Å². The van der Waals surface area contributed by atoms with Gasteiger partial charge in [0.2, 0.25) is 5.95 Å². The summed E-state index contributed by atoms with van der Waals surface area (Å²) in [5, 5.41) is 0. The van der Waals surface area contributed by atoms with Gasteiger partial charge in [0.05, 0.1) is 17.9 Å². The molecule has 2 atom stereocenters. The van der Waals surface area contributed by atoms with Crippen LogP contribution in [0.4, 0.5) is 10.3 Å². The molecule has 0 spiro atoms. The minimum absolute atomic E-state index is 0.0626. The lowest BCUT2D eigenvalue weighted by Gasteiger charge is -2.36. The number of nitrogens with zero attached hydrogens (tertiary/aromatic N) is 3. The van der Waals surface area contributed by atoms with Gasteiger partial charge in [0.1, 0.15) is 5.82 Å². The summed E-state index contributed by atoms with van der Waals surface area (Å²) in [6.07, 6.45) is 0.808. The summed E-state index contributed by atoms with van der Waals surface area (Å²) < 4.78 is 19.7. The lowest BCUT2D eigenvalue weighted by Crippen LogP contribution is -2.47. The monoisotopic (exact) mass is 372 g/mol. The molecule has 7 heteroatoms. The number of rotatable bonds is 3. The molecule has 1 N–H and O–H groups in total. The zero-order valence-electron chi connectivity index (χ0n) is 15.7. The van der Waals surface area contributed by atoms with Crippen LogP contribution >= 0.6 is 0 Å². The third-order valence-electron chi connectivity index (χ3n) is 5.21. The van der Waals surface area contributed by atoms with Crippen LogP contribution in [0.2, 0.25) is 0 Å². The van der Waals surface area contributed by atoms with Gasteiger partial charge in [-0.3, -0.25) is 14.7 Å². The first-order chi connectivity index (χ1) is 13.0. The minimum atomic E-state index is -0.195. The van der Waals surface area contributed by atoms with E-state index < -0.39 is 0 Å². The molecule has 0 radical (unpaired) electrons. The summed E-state index contributed by atoms with van der Waals surface area (Å²) in [4.78, 5) is 24.5. The predicted octanol–water partition coefficient (Wildman–Crippen LogP) is 2.08. The van der Waals surface area contributed by atoms with Crippen LogP contribution in [0, 0.1) is 5.82 Å². The lowest BCUT2D eigenvalue weighted by atomic mass is 10.1. The summed E-state index contributed by atoms with van der Waals surface area (Å²) in [6.45, 7) is 7.23. The molecule has 0 unspecified atom stereocenters. The fraction of sp³-hybridized carbons (Fsp3) is 0.500. The fourth-order valence-electron chi connectivity index (χ4n) is 3.98. The van der Waals surface area contributed by atoms with Crippen LogP contribution in [0.25, 0.3) is 0 Å². The van der Waals surface area contributed by atoms with Crippen LogP contribution in [0.3, 0.4) is 0 Å². The highest BCUT2D eigenvalue weighted by molar-refractivity contribution is 5.35. The quantitative estimate of drug-likeness (QED) is 0.894. The molecule has 2 aliphatic rings. The predicted molar refractivity (Wildman–Crippen MR) is 101 cm³/mol. The highest BCUT2D eigenvalue weighted by atomic mass is 19.1. The van der Waals surface area contributed by atoms with Crippen LogP contribution in [-0.4, -0.2) is 46.7 Å². The van der Waals surface area contributed by atoms with E-state index >= 15 is 0 Å². The topological polar surface area (TPSA) is 61.5 Å². The van der Waals surface area contributed by atoms with Gasteiger partial charge in [-0.05, 0) is 26.3 Å². The molecule has 0 bridgehead atoms. The molecule has 1 fully saturated rings. The molecule has 2 aliphatic heterocycles. The number of hydrogen-bond acceptors (Lipinski definition) is 5. The first kappa shape index (κ1) is 18.1. The van der Waals surface area contributed by atoms with Crippen LogP contribution < -0.4 is 10.5 Å². The van der Waals surface area contributed by atoms with Crippen molar-refractivity contribution in [1.82, 2.24) is 14.9 Å². The molecule has 2 aromatic rings. The summed E-state index contributed by atoms with van der Waals surface area (Å²) in [6, 6.07) is 6.83. The Kier molecular flexibility index (Phi) is 4.97. The second-order valence-electron chi connectivity index (χ2n) is 7.53. The number of aromatic nitrogens is 2. The van der Waals surface area contributed by atoms with E-state index in [-0.39, 0.29) is 23.6 Å². The van der Waals surface area contributed by atoms with E-state index in [1.165, 1.54) is 6.07 Å². The van der Waals surface area contributed by atoms with Gasteiger partial charge in [-0.25, -0.2) is 9.37 Å². The molecule has 0 saturated carbocycles. The van der Waals surface area contributed by atoms with Crippen LogP contribution in [0.15, 0.2) is 29.1 Å². The van der Waals surface area contributed by atoms with E-state index in [1.54, 1.807) is 12.1 Å². The van der Waals surface area contributed by atoms with E-state index in [0.29, 0.717) is 44.1 Å². The Labute approximate surface area is 158 Å².